The van der Waals surface area contributed by atoms with Crippen LogP contribution in [0, 0.1) is 5.92 Å². The first-order chi connectivity index (χ1) is 6.42. The van der Waals surface area contributed by atoms with E-state index in [2.05, 4.69) is 18.2 Å². The second-order valence-electron chi connectivity index (χ2n) is 3.16. The van der Waals surface area contributed by atoms with Crippen molar-refractivity contribution in [3.8, 4) is 0 Å². The van der Waals surface area contributed by atoms with Gasteiger partial charge in [0, 0.05) is 5.92 Å². The molecule has 0 radical (unpaired) electrons. The van der Waals surface area contributed by atoms with Crippen LogP contribution in [0.25, 0.3) is 5.57 Å². The minimum atomic E-state index is 0.183. The highest BCUT2D eigenvalue weighted by atomic mass is 16.3. The fourth-order valence-electron chi connectivity index (χ4n) is 1.62. The molecule has 1 N–H and O–H groups in total. The Labute approximate surface area is 78.0 Å². The zero-order chi connectivity index (χ0) is 9.10. The van der Waals surface area contributed by atoms with E-state index in [9.17, 15) is 0 Å². The van der Waals surface area contributed by atoms with E-state index in [1.165, 1.54) is 11.1 Å². The van der Waals surface area contributed by atoms with Crippen LogP contribution in [0.5, 0.6) is 0 Å². The van der Waals surface area contributed by atoms with Gasteiger partial charge >= 0.3 is 0 Å². The van der Waals surface area contributed by atoms with Crippen molar-refractivity contribution in [2.24, 2.45) is 5.92 Å². The van der Waals surface area contributed by atoms with Crippen LogP contribution in [0.2, 0.25) is 0 Å². The van der Waals surface area contributed by atoms with E-state index in [0.717, 1.165) is 0 Å². The van der Waals surface area contributed by atoms with Crippen molar-refractivity contribution in [3.05, 3.63) is 54.1 Å². The summed E-state index contributed by atoms with van der Waals surface area (Å²) in [6.07, 6.45) is 6.10. The second-order valence-corrected chi connectivity index (χ2v) is 3.16. The molecule has 13 heavy (non-hydrogen) atoms. The smallest absolute Gasteiger partial charge is 0.0534 e. The molecule has 0 aromatic heterocycles. The molecular weight excluding hydrogens is 160 g/mol. The Morgan fingerprint density at radius 3 is 2.62 bits per heavy atom. The van der Waals surface area contributed by atoms with Gasteiger partial charge < -0.3 is 5.11 Å². The third kappa shape index (κ3) is 1.56. The van der Waals surface area contributed by atoms with E-state index >= 15 is 0 Å². The second kappa shape index (κ2) is 3.58. The Balaban J connectivity index is 2.29. The van der Waals surface area contributed by atoms with Gasteiger partial charge in [0.05, 0.1) is 6.61 Å². The molecule has 0 spiro atoms. The summed E-state index contributed by atoms with van der Waals surface area (Å²) in [4.78, 5) is 0. The van der Waals surface area contributed by atoms with Crippen LogP contribution in [0.1, 0.15) is 5.56 Å². The molecule has 1 aliphatic rings. The van der Waals surface area contributed by atoms with E-state index in [-0.39, 0.29) is 12.5 Å². The van der Waals surface area contributed by atoms with Gasteiger partial charge in [-0.25, -0.2) is 0 Å². The molecule has 0 heterocycles. The summed E-state index contributed by atoms with van der Waals surface area (Å²) < 4.78 is 0. The van der Waals surface area contributed by atoms with Crippen LogP contribution in [-0.2, 0) is 0 Å². The van der Waals surface area contributed by atoms with Crippen LogP contribution in [0.3, 0.4) is 0 Å². The molecule has 1 atom stereocenters. The number of aliphatic hydroxyl groups is 1. The van der Waals surface area contributed by atoms with Crippen LogP contribution < -0.4 is 0 Å². The van der Waals surface area contributed by atoms with Gasteiger partial charge in [-0.1, -0.05) is 48.6 Å². The third-order valence-electron chi connectivity index (χ3n) is 2.32. The first kappa shape index (κ1) is 8.27. The first-order valence-corrected chi connectivity index (χ1v) is 4.46. The number of hydrogen-bond donors (Lipinski definition) is 1. The van der Waals surface area contributed by atoms with Gasteiger partial charge in [-0.15, -0.1) is 0 Å². The van der Waals surface area contributed by atoms with Gasteiger partial charge in [-0.2, -0.15) is 0 Å². The molecule has 66 valence electrons. The average molecular weight is 172 g/mol. The Bertz CT molecular complexity index is 335. The summed E-state index contributed by atoms with van der Waals surface area (Å²) in [5.74, 6) is 0.183. The van der Waals surface area contributed by atoms with Crippen LogP contribution in [0.4, 0.5) is 0 Å². The average Bonchev–Trinajstić information content (AvgIpc) is 2.67. The molecule has 1 nitrogen and oxygen atoms in total. The highest BCUT2D eigenvalue weighted by Crippen LogP contribution is 2.28. The predicted molar refractivity (Wildman–Crippen MR) is 54.1 cm³/mol. The molecule has 1 aromatic carbocycles. The fraction of sp³-hybridized carbons (Fsp3) is 0.167. The maximum atomic E-state index is 9.11. The molecule has 0 saturated heterocycles. The number of aliphatic hydroxyl groups excluding tert-OH is 1. The molecule has 0 fully saturated rings. The lowest BCUT2D eigenvalue weighted by molar-refractivity contribution is 0.278. The standard InChI is InChI=1S/C12H12O/c13-9-11-7-4-8-12(11)10-5-2-1-3-6-10/h1-8,11,13H,9H2. The Hall–Kier alpha value is -1.34. The number of hydrogen-bond acceptors (Lipinski definition) is 1. The van der Waals surface area contributed by atoms with Gasteiger partial charge in [-0.3, -0.25) is 0 Å². The molecule has 0 aliphatic heterocycles. The van der Waals surface area contributed by atoms with Crippen molar-refractivity contribution in [1.82, 2.24) is 0 Å². The van der Waals surface area contributed by atoms with Crippen molar-refractivity contribution < 1.29 is 5.11 Å². The topological polar surface area (TPSA) is 20.2 Å². The minimum Gasteiger partial charge on any atom is -0.395 e. The SMILES string of the molecule is OCC1C=CC=C1c1ccccc1. The fourth-order valence-corrected chi connectivity index (χ4v) is 1.62. The van der Waals surface area contributed by atoms with E-state index in [0.29, 0.717) is 0 Å². The number of allylic oxidation sites excluding steroid dienone is 2. The highest BCUT2D eigenvalue weighted by Gasteiger charge is 2.14. The molecule has 1 aliphatic carbocycles. The third-order valence-corrected chi connectivity index (χ3v) is 2.32. The number of benzene rings is 1. The van der Waals surface area contributed by atoms with Gasteiger partial charge in [0.25, 0.3) is 0 Å². The van der Waals surface area contributed by atoms with Crippen molar-refractivity contribution >= 4 is 5.57 Å². The summed E-state index contributed by atoms with van der Waals surface area (Å²) >= 11 is 0. The highest BCUT2D eigenvalue weighted by molar-refractivity contribution is 5.72. The summed E-state index contributed by atoms with van der Waals surface area (Å²) in [7, 11) is 0. The normalized spacial score (nSPS) is 20.4. The molecule has 0 bridgehead atoms. The molecule has 1 unspecified atom stereocenters. The van der Waals surface area contributed by atoms with E-state index in [1.807, 2.05) is 30.4 Å². The van der Waals surface area contributed by atoms with Gasteiger partial charge in [0.2, 0.25) is 0 Å². The van der Waals surface area contributed by atoms with Crippen LogP contribution >= 0.6 is 0 Å². The van der Waals surface area contributed by atoms with Crippen molar-refractivity contribution in [2.45, 2.75) is 0 Å². The minimum absolute atomic E-state index is 0.183. The van der Waals surface area contributed by atoms with E-state index in [4.69, 9.17) is 5.11 Å². The maximum absolute atomic E-state index is 9.11. The van der Waals surface area contributed by atoms with Crippen LogP contribution in [0.15, 0.2) is 48.6 Å². The number of rotatable bonds is 2. The Kier molecular flexibility index (Phi) is 2.28. The van der Waals surface area contributed by atoms with Crippen molar-refractivity contribution in [1.29, 1.82) is 0 Å². The Morgan fingerprint density at radius 1 is 1.15 bits per heavy atom. The molecule has 1 heteroatoms. The maximum Gasteiger partial charge on any atom is 0.0534 e. The lowest BCUT2D eigenvalue weighted by Gasteiger charge is -2.10. The van der Waals surface area contributed by atoms with E-state index < -0.39 is 0 Å². The molecule has 0 saturated carbocycles. The summed E-state index contributed by atoms with van der Waals surface area (Å²) in [6, 6.07) is 10.2. The largest absolute Gasteiger partial charge is 0.395 e. The lowest BCUT2D eigenvalue weighted by Crippen LogP contribution is -2.02. The van der Waals surface area contributed by atoms with Gasteiger partial charge in [0.1, 0.15) is 0 Å². The van der Waals surface area contributed by atoms with E-state index in [1.54, 1.807) is 0 Å². The van der Waals surface area contributed by atoms with Crippen molar-refractivity contribution in [3.63, 3.8) is 0 Å². The van der Waals surface area contributed by atoms with Gasteiger partial charge in [-0.05, 0) is 11.1 Å². The zero-order valence-corrected chi connectivity index (χ0v) is 7.35. The van der Waals surface area contributed by atoms with Crippen molar-refractivity contribution in [2.75, 3.05) is 6.61 Å². The molecule has 1 aromatic rings. The zero-order valence-electron chi connectivity index (χ0n) is 7.35. The predicted octanol–water partition coefficient (Wildman–Crippen LogP) is 2.25. The summed E-state index contributed by atoms with van der Waals surface area (Å²) in [5, 5.41) is 9.11. The Morgan fingerprint density at radius 2 is 1.92 bits per heavy atom. The quantitative estimate of drug-likeness (QED) is 0.725. The van der Waals surface area contributed by atoms with Gasteiger partial charge in [0.15, 0.2) is 0 Å². The molecule has 2 rings (SSSR count). The molecular formula is C12H12O. The summed E-state index contributed by atoms with van der Waals surface area (Å²) in [5.41, 5.74) is 2.41. The first-order valence-electron chi connectivity index (χ1n) is 4.46. The van der Waals surface area contributed by atoms with Crippen LogP contribution in [-0.4, -0.2) is 11.7 Å². The lowest BCUT2D eigenvalue weighted by atomic mass is 9.96. The monoisotopic (exact) mass is 172 g/mol. The summed E-state index contributed by atoms with van der Waals surface area (Å²) in [6.45, 7) is 0.192. The molecule has 0 amide bonds.